The van der Waals surface area contributed by atoms with Crippen molar-refractivity contribution in [2.75, 3.05) is 11.9 Å². The lowest BCUT2D eigenvalue weighted by molar-refractivity contribution is -0.137. The van der Waals surface area contributed by atoms with Gasteiger partial charge < -0.3 is 9.80 Å². The first-order valence-electron chi connectivity index (χ1n) is 12.6. The number of allylic oxidation sites excluding steroid dienone is 1. The van der Waals surface area contributed by atoms with Gasteiger partial charge in [0.25, 0.3) is 5.91 Å². The Balaban J connectivity index is 1.63. The second kappa shape index (κ2) is 9.92. The number of carbonyl (C=O) groups is 3. The van der Waals surface area contributed by atoms with Crippen molar-refractivity contribution >= 4 is 23.4 Å². The second-order valence-corrected chi connectivity index (χ2v) is 10.0. The molecule has 210 valence electrons. The van der Waals surface area contributed by atoms with Crippen LogP contribution in [0.15, 0.2) is 59.9 Å². The van der Waals surface area contributed by atoms with Gasteiger partial charge in [-0.15, -0.1) is 0 Å². The summed E-state index contributed by atoms with van der Waals surface area (Å²) in [5.41, 5.74) is 1.75. The van der Waals surface area contributed by atoms with Crippen LogP contribution in [0.25, 0.3) is 0 Å². The molecule has 0 bridgehead atoms. The molecule has 2 aliphatic heterocycles. The summed E-state index contributed by atoms with van der Waals surface area (Å²) in [7, 11) is 3.20. The lowest BCUT2D eigenvalue weighted by Crippen LogP contribution is -2.49. The van der Waals surface area contributed by atoms with Crippen LogP contribution in [0.1, 0.15) is 58.2 Å². The Hall–Kier alpha value is -4.92. The quantitative estimate of drug-likeness (QED) is 0.448. The number of aromatic nitrogens is 2. The number of hydrogen-bond acceptors (Lipinski definition) is 5. The Morgan fingerprint density at radius 2 is 1.83 bits per heavy atom. The highest BCUT2D eigenvalue weighted by atomic mass is 19.4. The van der Waals surface area contributed by atoms with E-state index in [-0.39, 0.29) is 34.6 Å². The van der Waals surface area contributed by atoms with E-state index in [1.54, 1.807) is 28.9 Å². The minimum atomic E-state index is -4.63. The lowest BCUT2D eigenvalue weighted by Gasteiger charge is -2.42. The highest BCUT2D eigenvalue weighted by Gasteiger charge is 2.42. The van der Waals surface area contributed by atoms with E-state index in [0.29, 0.717) is 12.1 Å². The molecule has 3 amide bonds. The van der Waals surface area contributed by atoms with E-state index < -0.39 is 35.5 Å². The van der Waals surface area contributed by atoms with Gasteiger partial charge in [-0.3, -0.25) is 19.2 Å². The number of fused-ring (bicyclic) bond motifs is 1. The number of halogens is 3. The highest BCUT2D eigenvalue weighted by molar-refractivity contribution is 6.06. The summed E-state index contributed by atoms with van der Waals surface area (Å²) in [5, 5.41) is 13.8. The van der Waals surface area contributed by atoms with Gasteiger partial charge in [-0.1, -0.05) is 12.1 Å². The number of benzene rings is 2. The summed E-state index contributed by atoms with van der Waals surface area (Å²) in [6.07, 6.45) is -2.95. The Morgan fingerprint density at radius 3 is 2.46 bits per heavy atom. The van der Waals surface area contributed by atoms with Gasteiger partial charge in [-0.2, -0.15) is 23.5 Å². The molecule has 3 heterocycles. The van der Waals surface area contributed by atoms with Gasteiger partial charge in [-0.05, 0) is 49.7 Å². The zero-order valence-corrected chi connectivity index (χ0v) is 22.7. The summed E-state index contributed by atoms with van der Waals surface area (Å²) in [5.74, 6) is -0.818. The van der Waals surface area contributed by atoms with Crippen molar-refractivity contribution < 1.29 is 27.6 Å². The zero-order valence-electron chi connectivity index (χ0n) is 22.7. The van der Waals surface area contributed by atoms with Crippen LogP contribution in [0.5, 0.6) is 0 Å². The summed E-state index contributed by atoms with van der Waals surface area (Å²) in [4.78, 5) is 44.6. The third kappa shape index (κ3) is 4.63. The van der Waals surface area contributed by atoms with E-state index in [1.165, 1.54) is 50.1 Å². The summed E-state index contributed by atoms with van der Waals surface area (Å²) in [6.45, 7) is 3.38. The fourth-order valence-electron chi connectivity index (χ4n) is 5.51. The van der Waals surface area contributed by atoms with Crippen LogP contribution in [0.4, 0.5) is 23.7 Å². The van der Waals surface area contributed by atoms with Crippen molar-refractivity contribution in [2.45, 2.75) is 39.2 Å². The predicted octanol–water partition coefficient (Wildman–Crippen LogP) is 4.94. The highest BCUT2D eigenvalue weighted by Crippen LogP contribution is 2.42. The summed E-state index contributed by atoms with van der Waals surface area (Å²) >= 11 is 0. The number of nitriles is 1. The Bertz CT molecular complexity index is 1680. The minimum Gasteiger partial charge on any atom is -0.328 e. The van der Waals surface area contributed by atoms with Crippen LogP contribution < -0.4 is 4.90 Å². The molecule has 2 aromatic carbocycles. The molecule has 0 spiro atoms. The van der Waals surface area contributed by atoms with E-state index in [9.17, 15) is 32.8 Å². The van der Waals surface area contributed by atoms with Crippen molar-refractivity contribution in [3.63, 3.8) is 0 Å². The van der Waals surface area contributed by atoms with Gasteiger partial charge in [0.15, 0.2) is 5.78 Å². The molecule has 41 heavy (non-hydrogen) atoms. The molecular formula is C29H25F3N6O3. The number of rotatable bonds is 4. The van der Waals surface area contributed by atoms with Crippen molar-refractivity contribution in [3.05, 3.63) is 93.4 Å². The van der Waals surface area contributed by atoms with E-state index in [1.807, 2.05) is 6.07 Å². The molecule has 0 saturated heterocycles. The van der Waals surface area contributed by atoms with Crippen LogP contribution in [-0.2, 0) is 31.1 Å². The van der Waals surface area contributed by atoms with E-state index in [2.05, 4.69) is 5.10 Å². The predicted molar refractivity (Wildman–Crippen MR) is 141 cm³/mol. The number of urea groups is 1. The summed E-state index contributed by atoms with van der Waals surface area (Å²) < 4.78 is 42.0. The molecular weight excluding hydrogens is 537 g/mol. The van der Waals surface area contributed by atoms with Gasteiger partial charge >= 0.3 is 12.2 Å². The molecule has 1 unspecified atom stereocenters. The van der Waals surface area contributed by atoms with Gasteiger partial charge in [-0.25, -0.2) is 4.79 Å². The maximum atomic E-state index is 13.9. The molecule has 12 heteroatoms. The number of amides is 3. The van der Waals surface area contributed by atoms with Crippen LogP contribution in [0.3, 0.4) is 0 Å². The third-order valence-corrected chi connectivity index (χ3v) is 7.53. The number of likely N-dealkylation sites (N-methyl/N-ethyl adjacent to an activating group) is 1. The average Bonchev–Trinajstić information content (AvgIpc) is 3.51. The molecule has 1 atom stereocenters. The maximum Gasteiger partial charge on any atom is 0.416 e. The molecule has 1 aromatic heterocycles. The van der Waals surface area contributed by atoms with E-state index in [0.717, 1.165) is 28.3 Å². The number of anilines is 1. The normalized spacial score (nSPS) is 17.2. The number of carbonyl (C=O) groups excluding carboxylic acids is 3. The molecule has 0 N–H and O–H groups in total. The molecule has 2 aliphatic rings. The fraction of sp³-hybridized carbons (Fsp3) is 0.276. The molecule has 0 radical (unpaired) electrons. The molecule has 5 rings (SSSR count). The van der Waals surface area contributed by atoms with Crippen LogP contribution >= 0.6 is 0 Å². The first-order valence-corrected chi connectivity index (χ1v) is 12.6. The third-order valence-electron chi connectivity index (χ3n) is 7.53. The fourth-order valence-corrected chi connectivity index (χ4v) is 5.51. The monoisotopic (exact) mass is 562 g/mol. The second-order valence-electron chi connectivity index (χ2n) is 10.0. The van der Waals surface area contributed by atoms with Crippen molar-refractivity contribution in [1.82, 2.24) is 19.6 Å². The average molecular weight is 563 g/mol. The minimum absolute atomic E-state index is 0.0501. The SMILES string of the molecule is CC(=O)C1=C(C)N(c2cccc(C(F)(F)F)c2)C(=O)N(C)C1c1ccc(C#N)cc1C(=O)N1Cc2cnn(C)c2C1. The number of hydrogen-bond donors (Lipinski definition) is 0. The first-order chi connectivity index (χ1) is 19.3. The topological polar surface area (TPSA) is 103 Å². The molecule has 0 fully saturated rings. The Morgan fingerprint density at radius 1 is 1.10 bits per heavy atom. The first kappa shape index (κ1) is 27.6. The number of aryl methyl sites for hydroxylation is 1. The Labute approximate surface area is 233 Å². The number of alkyl halides is 3. The summed E-state index contributed by atoms with van der Waals surface area (Å²) in [6, 6.07) is 9.10. The largest absolute Gasteiger partial charge is 0.416 e. The van der Waals surface area contributed by atoms with Crippen LogP contribution in [-0.4, -0.2) is 44.3 Å². The van der Waals surface area contributed by atoms with Gasteiger partial charge in [0.05, 0.1) is 47.4 Å². The molecule has 0 saturated carbocycles. The molecule has 3 aromatic rings. The van der Waals surface area contributed by atoms with Crippen molar-refractivity contribution in [3.8, 4) is 6.07 Å². The molecule has 9 nitrogen and oxygen atoms in total. The van der Waals surface area contributed by atoms with Crippen LogP contribution in [0, 0.1) is 11.3 Å². The van der Waals surface area contributed by atoms with Gasteiger partial charge in [0.2, 0.25) is 0 Å². The van der Waals surface area contributed by atoms with Gasteiger partial charge in [0, 0.05) is 43.0 Å². The lowest BCUT2D eigenvalue weighted by atomic mass is 9.87. The smallest absolute Gasteiger partial charge is 0.328 e. The van der Waals surface area contributed by atoms with Crippen molar-refractivity contribution in [2.24, 2.45) is 7.05 Å². The van der Waals surface area contributed by atoms with E-state index >= 15 is 0 Å². The maximum absolute atomic E-state index is 13.9. The van der Waals surface area contributed by atoms with Gasteiger partial charge in [0.1, 0.15) is 0 Å². The van der Waals surface area contributed by atoms with E-state index in [4.69, 9.17) is 0 Å². The number of ketones is 1. The zero-order chi connectivity index (χ0) is 29.8. The molecule has 0 aliphatic carbocycles. The Kier molecular flexibility index (Phi) is 6.69. The van der Waals surface area contributed by atoms with Crippen LogP contribution in [0.2, 0.25) is 0 Å². The van der Waals surface area contributed by atoms with Crippen molar-refractivity contribution in [1.29, 1.82) is 5.26 Å². The number of nitrogens with zero attached hydrogens (tertiary/aromatic N) is 6. The standard InChI is InChI=1S/C29H25F3N6O3/c1-16-25(17(2)39)26(35(3)28(41)38(16)21-7-5-6-20(11-21)29(30,31)32)22-9-8-18(12-33)10-23(22)27(40)37-14-19-13-34-36(4)24(19)15-37/h5-11,13,26H,14-15H2,1-4H3. The number of Topliss-reactive ketones (excluding diaryl/α,β-unsaturated/α-hetero) is 1.